The molecule has 0 amide bonds. The molecule has 0 saturated carbocycles. The molecule has 0 spiro atoms. The first-order chi connectivity index (χ1) is 7.88. The van der Waals surface area contributed by atoms with E-state index in [-0.39, 0.29) is 5.41 Å². The van der Waals surface area contributed by atoms with E-state index in [9.17, 15) is 0 Å². The van der Waals surface area contributed by atoms with Crippen molar-refractivity contribution in [2.45, 2.75) is 26.2 Å². The molecule has 17 heavy (non-hydrogen) atoms. The van der Waals surface area contributed by atoms with Gasteiger partial charge in [0.1, 0.15) is 5.76 Å². The standard InChI is InChI=1S/C13H15ClN2O/c1-13(2,3)11-7-16-12(17-11)9-5-4-8(14)6-10(9)15/h4-7H,15H2,1-3H3. The molecule has 0 saturated heterocycles. The molecular weight excluding hydrogens is 236 g/mol. The van der Waals surface area contributed by atoms with Crippen LogP contribution in [0.1, 0.15) is 26.5 Å². The van der Waals surface area contributed by atoms with Crippen LogP contribution in [0.15, 0.2) is 28.8 Å². The third-order valence-corrected chi connectivity index (χ3v) is 2.72. The molecule has 0 aliphatic carbocycles. The molecule has 2 N–H and O–H groups in total. The Bertz CT molecular complexity index is 541. The van der Waals surface area contributed by atoms with E-state index in [2.05, 4.69) is 25.8 Å². The lowest BCUT2D eigenvalue weighted by Gasteiger charge is -2.13. The average molecular weight is 251 g/mol. The van der Waals surface area contributed by atoms with E-state index in [1.807, 2.05) is 6.07 Å². The molecule has 0 aliphatic rings. The summed E-state index contributed by atoms with van der Waals surface area (Å²) in [6.07, 6.45) is 1.74. The van der Waals surface area contributed by atoms with Gasteiger partial charge in [-0.3, -0.25) is 0 Å². The zero-order chi connectivity index (χ0) is 12.6. The number of halogens is 1. The molecule has 0 radical (unpaired) electrons. The number of aromatic nitrogens is 1. The first-order valence-corrected chi connectivity index (χ1v) is 5.77. The van der Waals surface area contributed by atoms with Gasteiger partial charge in [-0.15, -0.1) is 0 Å². The molecule has 0 aliphatic heterocycles. The Balaban J connectivity index is 2.44. The van der Waals surface area contributed by atoms with Crippen molar-refractivity contribution in [3.8, 4) is 11.5 Å². The first-order valence-electron chi connectivity index (χ1n) is 5.39. The second-order valence-corrected chi connectivity index (χ2v) is 5.45. The highest BCUT2D eigenvalue weighted by molar-refractivity contribution is 6.31. The molecule has 0 atom stereocenters. The molecule has 4 heteroatoms. The number of oxazole rings is 1. The summed E-state index contributed by atoms with van der Waals surface area (Å²) in [4.78, 5) is 4.25. The summed E-state index contributed by atoms with van der Waals surface area (Å²) in [7, 11) is 0. The summed E-state index contributed by atoms with van der Waals surface area (Å²) < 4.78 is 5.72. The summed E-state index contributed by atoms with van der Waals surface area (Å²) in [5, 5.41) is 0.605. The zero-order valence-corrected chi connectivity index (χ0v) is 10.9. The SMILES string of the molecule is CC(C)(C)c1cnc(-c2ccc(Cl)cc2N)o1. The molecule has 90 valence electrons. The maximum absolute atomic E-state index is 5.89. The zero-order valence-electron chi connectivity index (χ0n) is 10.1. The van der Waals surface area contributed by atoms with Crippen molar-refractivity contribution in [3.63, 3.8) is 0 Å². The molecule has 0 bridgehead atoms. The number of nitrogen functional groups attached to an aromatic ring is 1. The lowest BCUT2D eigenvalue weighted by Crippen LogP contribution is -2.09. The Labute approximate surface area is 106 Å². The number of rotatable bonds is 1. The van der Waals surface area contributed by atoms with Gasteiger partial charge in [-0.2, -0.15) is 0 Å². The molecular formula is C13H15ClN2O. The van der Waals surface area contributed by atoms with E-state index in [1.54, 1.807) is 18.3 Å². The van der Waals surface area contributed by atoms with Gasteiger partial charge in [0.15, 0.2) is 0 Å². The van der Waals surface area contributed by atoms with Crippen molar-refractivity contribution in [1.29, 1.82) is 0 Å². The largest absolute Gasteiger partial charge is 0.441 e. The second-order valence-electron chi connectivity index (χ2n) is 5.01. The Kier molecular flexibility index (Phi) is 2.87. The number of nitrogens with zero attached hydrogens (tertiary/aromatic N) is 1. The first kappa shape index (κ1) is 12.0. The van der Waals surface area contributed by atoms with Crippen molar-refractivity contribution in [2.75, 3.05) is 5.73 Å². The van der Waals surface area contributed by atoms with E-state index in [1.165, 1.54) is 0 Å². The Morgan fingerprint density at radius 2 is 2.00 bits per heavy atom. The van der Waals surface area contributed by atoms with Crippen LogP contribution in [-0.2, 0) is 5.41 Å². The van der Waals surface area contributed by atoms with Gasteiger partial charge in [0, 0.05) is 16.1 Å². The smallest absolute Gasteiger partial charge is 0.228 e. The number of anilines is 1. The molecule has 2 aromatic rings. The monoisotopic (exact) mass is 250 g/mol. The number of benzene rings is 1. The minimum absolute atomic E-state index is 0.0631. The lowest BCUT2D eigenvalue weighted by atomic mass is 9.94. The van der Waals surface area contributed by atoms with Crippen LogP contribution in [0.2, 0.25) is 5.02 Å². The maximum atomic E-state index is 5.89. The van der Waals surface area contributed by atoms with E-state index in [0.29, 0.717) is 16.6 Å². The molecule has 0 fully saturated rings. The quantitative estimate of drug-likeness (QED) is 0.782. The highest BCUT2D eigenvalue weighted by Crippen LogP contribution is 2.31. The van der Waals surface area contributed by atoms with Gasteiger partial charge < -0.3 is 10.2 Å². The maximum Gasteiger partial charge on any atom is 0.228 e. The summed E-state index contributed by atoms with van der Waals surface area (Å²) in [5.41, 5.74) is 7.16. The van der Waals surface area contributed by atoms with Crippen molar-refractivity contribution in [3.05, 3.63) is 35.2 Å². The number of hydrogen-bond donors (Lipinski definition) is 1. The van der Waals surface area contributed by atoms with Crippen LogP contribution in [0, 0.1) is 0 Å². The van der Waals surface area contributed by atoms with E-state index < -0.39 is 0 Å². The summed E-state index contributed by atoms with van der Waals surface area (Å²) >= 11 is 5.85. The van der Waals surface area contributed by atoms with E-state index in [4.69, 9.17) is 21.8 Å². The van der Waals surface area contributed by atoms with Crippen molar-refractivity contribution in [2.24, 2.45) is 0 Å². The van der Waals surface area contributed by atoms with Crippen LogP contribution in [-0.4, -0.2) is 4.98 Å². The Hall–Kier alpha value is -1.48. The van der Waals surface area contributed by atoms with Crippen LogP contribution in [0.4, 0.5) is 5.69 Å². The highest BCUT2D eigenvalue weighted by atomic mass is 35.5. The molecule has 1 heterocycles. The number of hydrogen-bond acceptors (Lipinski definition) is 3. The third-order valence-electron chi connectivity index (χ3n) is 2.49. The van der Waals surface area contributed by atoms with Crippen molar-refractivity contribution < 1.29 is 4.42 Å². The van der Waals surface area contributed by atoms with Crippen LogP contribution >= 0.6 is 11.6 Å². The fourth-order valence-corrected chi connectivity index (χ4v) is 1.65. The van der Waals surface area contributed by atoms with Gasteiger partial charge >= 0.3 is 0 Å². The minimum atomic E-state index is -0.0631. The molecule has 0 unspecified atom stereocenters. The molecule has 3 nitrogen and oxygen atoms in total. The number of nitrogens with two attached hydrogens (primary N) is 1. The van der Waals surface area contributed by atoms with Crippen LogP contribution < -0.4 is 5.73 Å². The molecule has 1 aromatic carbocycles. The van der Waals surface area contributed by atoms with E-state index in [0.717, 1.165) is 11.3 Å². The van der Waals surface area contributed by atoms with Crippen molar-refractivity contribution in [1.82, 2.24) is 4.98 Å². The molecule has 1 aromatic heterocycles. The summed E-state index contributed by atoms with van der Waals surface area (Å²) in [6, 6.07) is 5.28. The van der Waals surface area contributed by atoms with Crippen LogP contribution in [0.3, 0.4) is 0 Å². The van der Waals surface area contributed by atoms with E-state index >= 15 is 0 Å². The lowest BCUT2D eigenvalue weighted by molar-refractivity contribution is 0.416. The minimum Gasteiger partial charge on any atom is -0.441 e. The summed E-state index contributed by atoms with van der Waals surface area (Å²) in [5.74, 6) is 1.37. The summed E-state index contributed by atoms with van der Waals surface area (Å²) in [6.45, 7) is 6.22. The predicted molar refractivity (Wildman–Crippen MR) is 70.1 cm³/mol. The third kappa shape index (κ3) is 2.44. The second kappa shape index (κ2) is 4.08. The predicted octanol–water partition coefficient (Wildman–Crippen LogP) is 3.87. The Morgan fingerprint density at radius 1 is 1.29 bits per heavy atom. The fourth-order valence-electron chi connectivity index (χ4n) is 1.47. The highest BCUT2D eigenvalue weighted by Gasteiger charge is 2.20. The van der Waals surface area contributed by atoms with Gasteiger partial charge in [-0.1, -0.05) is 32.4 Å². The van der Waals surface area contributed by atoms with Gasteiger partial charge in [-0.05, 0) is 18.2 Å². The topological polar surface area (TPSA) is 52.0 Å². The van der Waals surface area contributed by atoms with Crippen LogP contribution in [0.25, 0.3) is 11.5 Å². The average Bonchev–Trinajstić information content (AvgIpc) is 2.65. The van der Waals surface area contributed by atoms with Gasteiger partial charge in [0.05, 0.1) is 11.8 Å². The Morgan fingerprint density at radius 3 is 2.53 bits per heavy atom. The molecule has 2 rings (SSSR count). The van der Waals surface area contributed by atoms with Crippen molar-refractivity contribution >= 4 is 17.3 Å². The van der Waals surface area contributed by atoms with Crippen LogP contribution in [0.5, 0.6) is 0 Å². The van der Waals surface area contributed by atoms with Gasteiger partial charge in [-0.25, -0.2) is 4.98 Å². The normalized spacial score (nSPS) is 11.8. The fraction of sp³-hybridized carbons (Fsp3) is 0.308. The van der Waals surface area contributed by atoms with Gasteiger partial charge in [0.25, 0.3) is 0 Å². The van der Waals surface area contributed by atoms with Gasteiger partial charge in [0.2, 0.25) is 5.89 Å².